The lowest BCUT2D eigenvalue weighted by Gasteiger charge is -2.35. The van der Waals surface area contributed by atoms with Gasteiger partial charge in [0.25, 0.3) is 0 Å². The molecule has 26 heavy (non-hydrogen) atoms. The average molecular weight is 368 g/mol. The van der Waals surface area contributed by atoms with E-state index in [-0.39, 0.29) is 23.8 Å². The molecule has 7 heteroatoms. The fourth-order valence-corrected chi connectivity index (χ4v) is 4.39. The number of aliphatic carboxylic acids is 1. The Kier molecular flexibility index (Phi) is 7.43. The molecule has 2 aliphatic rings. The molecule has 0 radical (unpaired) electrons. The molecule has 2 N–H and O–H groups in total. The lowest BCUT2D eigenvalue weighted by Crippen LogP contribution is -2.55. The molecule has 7 nitrogen and oxygen atoms in total. The Bertz CT molecular complexity index is 524. The second kappa shape index (κ2) is 9.35. The number of hydrogen-bond acceptors (Lipinski definition) is 5. The predicted molar refractivity (Wildman–Crippen MR) is 96.6 cm³/mol. The van der Waals surface area contributed by atoms with E-state index < -0.39 is 24.1 Å². The number of carbonyl (C=O) groups is 3. The Morgan fingerprint density at radius 1 is 1.23 bits per heavy atom. The van der Waals surface area contributed by atoms with E-state index >= 15 is 0 Å². The van der Waals surface area contributed by atoms with E-state index in [4.69, 9.17) is 4.74 Å². The molecular formula is C19H32N2O5. The quantitative estimate of drug-likeness (QED) is 0.636. The van der Waals surface area contributed by atoms with Crippen LogP contribution in [0.4, 0.5) is 0 Å². The molecule has 0 aromatic carbocycles. The van der Waals surface area contributed by atoms with Crippen molar-refractivity contribution in [3.05, 3.63) is 0 Å². The van der Waals surface area contributed by atoms with Gasteiger partial charge in [0.2, 0.25) is 5.91 Å². The zero-order chi connectivity index (χ0) is 19.3. The maximum atomic E-state index is 13.1. The second-order valence-electron chi connectivity index (χ2n) is 7.43. The molecule has 2 fully saturated rings. The molecule has 148 valence electrons. The van der Waals surface area contributed by atoms with Crippen LogP contribution in [0.25, 0.3) is 0 Å². The molecule has 0 aromatic rings. The Morgan fingerprint density at radius 3 is 2.54 bits per heavy atom. The Hall–Kier alpha value is -1.63. The number of esters is 1. The number of carbonyl (C=O) groups excluding carboxylic acids is 2. The van der Waals surface area contributed by atoms with Gasteiger partial charge in [-0.25, -0.2) is 4.79 Å². The van der Waals surface area contributed by atoms with Crippen molar-refractivity contribution in [1.29, 1.82) is 0 Å². The highest BCUT2D eigenvalue weighted by Gasteiger charge is 2.48. The number of nitrogens with one attached hydrogen (secondary N) is 1. The van der Waals surface area contributed by atoms with Gasteiger partial charge < -0.3 is 14.7 Å². The van der Waals surface area contributed by atoms with Crippen molar-refractivity contribution in [1.82, 2.24) is 10.2 Å². The van der Waals surface area contributed by atoms with Gasteiger partial charge in [0.05, 0.1) is 12.6 Å². The fraction of sp³-hybridized carbons (Fsp3) is 0.842. The summed E-state index contributed by atoms with van der Waals surface area (Å²) in [4.78, 5) is 38.5. The number of nitrogens with zero attached hydrogens (tertiary/aromatic N) is 1. The van der Waals surface area contributed by atoms with Gasteiger partial charge in [-0.05, 0) is 45.4 Å². The van der Waals surface area contributed by atoms with Crippen LogP contribution in [-0.2, 0) is 19.1 Å². The predicted octanol–water partition coefficient (Wildman–Crippen LogP) is 1.94. The van der Waals surface area contributed by atoms with Crippen molar-refractivity contribution in [2.24, 2.45) is 5.92 Å². The minimum atomic E-state index is -0.935. The van der Waals surface area contributed by atoms with Crippen LogP contribution in [0.15, 0.2) is 0 Å². The monoisotopic (exact) mass is 368 g/mol. The van der Waals surface area contributed by atoms with Gasteiger partial charge in [-0.1, -0.05) is 26.2 Å². The summed E-state index contributed by atoms with van der Waals surface area (Å²) in [6.45, 7) is 5.72. The fourth-order valence-electron chi connectivity index (χ4n) is 4.39. The van der Waals surface area contributed by atoms with Crippen molar-refractivity contribution in [2.75, 3.05) is 6.61 Å². The van der Waals surface area contributed by atoms with Crippen LogP contribution in [0.2, 0.25) is 0 Å². The van der Waals surface area contributed by atoms with Crippen molar-refractivity contribution in [3.8, 4) is 0 Å². The number of rotatable bonds is 8. The maximum absolute atomic E-state index is 13.1. The summed E-state index contributed by atoms with van der Waals surface area (Å²) in [7, 11) is 0. The standard InChI is InChI=1S/C19H32N2O5/c1-4-8-14(19(25)26-5-2)20-12(3)17(22)21-15-10-7-6-9-13(15)11-16(21)18(23)24/h12-16,20H,4-11H2,1-3H3,(H,23,24)/t12-,13-,14?,15-,16-/m0/s1. The summed E-state index contributed by atoms with van der Waals surface area (Å²) in [6.07, 6.45) is 5.87. The first-order valence-corrected chi connectivity index (χ1v) is 9.88. The molecule has 1 amide bonds. The maximum Gasteiger partial charge on any atom is 0.326 e. The molecule has 1 saturated carbocycles. The Balaban J connectivity index is 2.10. The number of fused-ring (bicyclic) bond motifs is 1. The number of ether oxygens (including phenoxy) is 1. The van der Waals surface area contributed by atoms with Crippen molar-refractivity contribution in [3.63, 3.8) is 0 Å². The molecule has 1 saturated heterocycles. The average Bonchev–Trinajstić information content (AvgIpc) is 3.00. The summed E-state index contributed by atoms with van der Waals surface area (Å²) in [5.74, 6) is -1.24. The third kappa shape index (κ3) is 4.55. The number of carboxylic acids is 1. The molecule has 2 rings (SSSR count). The van der Waals surface area contributed by atoms with Gasteiger partial charge in [0, 0.05) is 6.04 Å². The molecule has 0 bridgehead atoms. The third-order valence-corrected chi connectivity index (χ3v) is 5.60. The molecule has 0 aromatic heterocycles. The van der Waals surface area contributed by atoms with Crippen LogP contribution in [-0.4, -0.2) is 58.6 Å². The zero-order valence-corrected chi connectivity index (χ0v) is 16.1. The van der Waals surface area contributed by atoms with E-state index in [2.05, 4.69) is 5.32 Å². The highest BCUT2D eigenvalue weighted by molar-refractivity contribution is 5.88. The first-order valence-electron chi connectivity index (χ1n) is 9.88. The van der Waals surface area contributed by atoms with Crippen molar-refractivity contribution in [2.45, 2.75) is 89.9 Å². The smallest absolute Gasteiger partial charge is 0.326 e. The van der Waals surface area contributed by atoms with Gasteiger partial charge in [0.15, 0.2) is 0 Å². The molecule has 1 aliphatic carbocycles. The van der Waals surface area contributed by atoms with Crippen LogP contribution in [0.1, 0.15) is 65.7 Å². The lowest BCUT2D eigenvalue weighted by atomic mass is 9.84. The summed E-state index contributed by atoms with van der Waals surface area (Å²) >= 11 is 0. The van der Waals surface area contributed by atoms with Gasteiger partial charge in [-0.15, -0.1) is 0 Å². The molecule has 1 unspecified atom stereocenters. The molecule has 1 heterocycles. The van der Waals surface area contributed by atoms with Gasteiger partial charge in [-0.2, -0.15) is 0 Å². The molecule has 5 atom stereocenters. The largest absolute Gasteiger partial charge is 0.480 e. The third-order valence-electron chi connectivity index (χ3n) is 5.60. The SMILES string of the molecule is CCCC(N[C@@H](C)C(=O)N1[C@H](C(=O)O)C[C@@H]2CCCC[C@@H]21)C(=O)OCC. The Morgan fingerprint density at radius 2 is 1.92 bits per heavy atom. The van der Waals surface area contributed by atoms with Crippen molar-refractivity contribution < 1.29 is 24.2 Å². The van der Waals surface area contributed by atoms with Gasteiger partial charge in [-0.3, -0.25) is 14.9 Å². The van der Waals surface area contributed by atoms with E-state index in [9.17, 15) is 19.5 Å². The van der Waals surface area contributed by atoms with Gasteiger partial charge >= 0.3 is 11.9 Å². The molecule has 1 aliphatic heterocycles. The first-order chi connectivity index (χ1) is 12.4. The van der Waals surface area contributed by atoms with Crippen LogP contribution in [0.5, 0.6) is 0 Å². The zero-order valence-electron chi connectivity index (χ0n) is 16.1. The van der Waals surface area contributed by atoms with E-state index in [0.29, 0.717) is 19.4 Å². The number of likely N-dealkylation sites (tertiary alicyclic amines) is 1. The number of hydrogen-bond donors (Lipinski definition) is 2. The summed E-state index contributed by atoms with van der Waals surface area (Å²) in [6, 6.07) is -1.92. The molecular weight excluding hydrogens is 336 g/mol. The Labute approximate surface area is 155 Å². The van der Waals surface area contributed by atoms with E-state index in [1.54, 1.807) is 18.7 Å². The van der Waals surface area contributed by atoms with Crippen LogP contribution in [0.3, 0.4) is 0 Å². The van der Waals surface area contributed by atoms with Gasteiger partial charge in [0.1, 0.15) is 12.1 Å². The second-order valence-corrected chi connectivity index (χ2v) is 7.43. The van der Waals surface area contributed by atoms with Crippen molar-refractivity contribution >= 4 is 17.8 Å². The highest BCUT2D eigenvalue weighted by Crippen LogP contribution is 2.40. The summed E-state index contributed by atoms with van der Waals surface area (Å²) < 4.78 is 5.09. The topological polar surface area (TPSA) is 95.9 Å². The van der Waals surface area contributed by atoms with E-state index in [1.807, 2.05) is 6.92 Å². The lowest BCUT2D eigenvalue weighted by molar-refractivity contribution is -0.152. The molecule has 0 spiro atoms. The number of carboxylic acid groups (broad SMARTS) is 1. The minimum Gasteiger partial charge on any atom is -0.480 e. The summed E-state index contributed by atoms with van der Waals surface area (Å²) in [5, 5.41) is 12.7. The van der Waals surface area contributed by atoms with E-state index in [0.717, 1.165) is 32.1 Å². The first kappa shape index (κ1) is 20.7. The van der Waals surface area contributed by atoms with Crippen LogP contribution >= 0.6 is 0 Å². The minimum absolute atomic E-state index is 0.00817. The van der Waals surface area contributed by atoms with Crippen LogP contribution < -0.4 is 5.32 Å². The number of amides is 1. The van der Waals surface area contributed by atoms with Crippen LogP contribution in [0, 0.1) is 5.92 Å². The normalized spacial score (nSPS) is 27.5. The summed E-state index contributed by atoms with van der Waals surface area (Å²) in [5.41, 5.74) is 0. The van der Waals surface area contributed by atoms with E-state index in [1.165, 1.54) is 0 Å². The highest BCUT2D eigenvalue weighted by atomic mass is 16.5.